The van der Waals surface area contributed by atoms with Crippen molar-refractivity contribution < 1.29 is 0 Å². The van der Waals surface area contributed by atoms with Crippen molar-refractivity contribution in [3.8, 4) is 0 Å². The molecule has 7 nitrogen and oxygen atoms in total. The zero-order valence-electron chi connectivity index (χ0n) is 18.1. The fourth-order valence-corrected chi connectivity index (χ4v) is 5.00. The van der Waals surface area contributed by atoms with Gasteiger partial charge in [-0.1, -0.05) is 6.42 Å². The van der Waals surface area contributed by atoms with E-state index < -0.39 is 0 Å². The van der Waals surface area contributed by atoms with E-state index in [0.717, 1.165) is 62.7 Å². The predicted molar refractivity (Wildman–Crippen MR) is 128 cm³/mol. The number of aryl methyl sites for hydroxylation is 2. The maximum atomic E-state index is 5.05. The van der Waals surface area contributed by atoms with E-state index in [2.05, 4.69) is 43.7 Å². The second-order valence-electron chi connectivity index (χ2n) is 8.84. The third-order valence-corrected chi connectivity index (χ3v) is 6.61. The van der Waals surface area contributed by atoms with E-state index >= 15 is 0 Å². The van der Waals surface area contributed by atoms with Crippen LogP contribution in [0.5, 0.6) is 0 Å². The summed E-state index contributed by atoms with van der Waals surface area (Å²) < 4.78 is 2.28. The summed E-state index contributed by atoms with van der Waals surface area (Å²) in [6.07, 6.45) is 7.68. The molecule has 2 saturated heterocycles. The average Bonchev–Trinajstić information content (AvgIpc) is 3.33. The molecule has 0 radical (unpaired) electrons. The molecule has 1 N–H and O–H groups in total. The van der Waals surface area contributed by atoms with Gasteiger partial charge in [0.25, 0.3) is 0 Å². The van der Waals surface area contributed by atoms with Crippen LogP contribution in [-0.2, 0) is 13.0 Å². The molecule has 4 rings (SSSR count). The van der Waals surface area contributed by atoms with Crippen molar-refractivity contribution in [2.45, 2.75) is 58.9 Å². The van der Waals surface area contributed by atoms with Crippen LogP contribution >= 0.6 is 24.0 Å². The van der Waals surface area contributed by atoms with Crippen molar-refractivity contribution >= 4 is 29.9 Å². The highest BCUT2D eigenvalue weighted by molar-refractivity contribution is 14.0. The zero-order valence-corrected chi connectivity index (χ0v) is 20.5. The SMILES string of the molecule is CCNC(=NCC1CCc2nnc(C)n2C1)N1CCC(CN2CCCCC2)C1.I. The van der Waals surface area contributed by atoms with Gasteiger partial charge in [-0.2, -0.15) is 0 Å². The number of nitrogens with zero attached hydrogens (tertiary/aromatic N) is 6. The molecule has 0 aromatic carbocycles. The standard InChI is InChI=1S/C21H37N7.HI/c1-3-22-21(23-13-18-7-8-20-25-24-17(2)28(20)16-18)27-12-9-19(15-27)14-26-10-5-4-6-11-26;/h18-19H,3-16H2,1-2H3,(H,22,23);1H. The van der Waals surface area contributed by atoms with Crippen molar-refractivity contribution in [3.63, 3.8) is 0 Å². The Morgan fingerprint density at radius 1 is 1.07 bits per heavy atom. The van der Waals surface area contributed by atoms with Crippen LogP contribution in [0.4, 0.5) is 0 Å². The van der Waals surface area contributed by atoms with Gasteiger partial charge < -0.3 is 19.7 Å². The number of aliphatic imine (C=N–C) groups is 1. The number of likely N-dealkylation sites (tertiary alicyclic amines) is 2. The van der Waals surface area contributed by atoms with E-state index in [1.165, 1.54) is 51.7 Å². The number of guanidine groups is 1. The Hall–Kier alpha value is -0.900. The first-order chi connectivity index (χ1) is 13.7. The fourth-order valence-electron chi connectivity index (χ4n) is 5.00. The Morgan fingerprint density at radius 3 is 2.69 bits per heavy atom. The van der Waals surface area contributed by atoms with Crippen LogP contribution in [-0.4, -0.2) is 76.3 Å². The number of halogens is 1. The quantitative estimate of drug-likeness (QED) is 0.371. The van der Waals surface area contributed by atoms with Crippen LogP contribution in [0.2, 0.25) is 0 Å². The predicted octanol–water partition coefficient (Wildman–Crippen LogP) is 2.54. The number of hydrogen-bond donors (Lipinski definition) is 1. The molecule has 3 aliphatic rings. The Morgan fingerprint density at radius 2 is 1.90 bits per heavy atom. The van der Waals surface area contributed by atoms with Gasteiger partial charge in [-0.05, 0) is 64.5 Å². The molecule has 29 heavy (non-hydrogen) atoms. The lowest BCUT2D eigenvalue weighted by atomic mass is 9.99. The lowest BCUT2D eigenvalue weighted by Gasteiger charge is -2.29. The lowest BCUT2D eigenvalue weighted by Crippen LogP contribution is -2.41. The van der Waals surface area contributed by atoms with E-state index in [0.29, 0.717) is 5.92 Å². The van der Waals surface area contributed by atoms with Crippen LogP contribution in [0, 0.1) is 18.8 Å². The molecule has 0 aliphatic carbocycles. The minimum absolute atomic E-state index is 0. The van der Waals surface area contributed by atoms with E-state index in [1.54, 1.807) is 0 Å². The van der Waals surface area contributed by atoms with Crippen LogP contribution in [0.25, 0.3) is 0 Å². The number of hydrogen-bond acceptors (Lipinski definition) is 4. The third kappa shape index (κ3) is 5.83. The molecule has 2 atom stereocenters. The number of nitrogens with one attached hydrogen (secondary N) is 1. The molecule has 0 bridgehead atoms. The molecule has 0 amide bonds. The molecule has 3 aliphatic heterocycles. The van der Waals surface area contributed by atoms with Crippen molar-refractivity contribution in [1.29, 1.82) is 0 Å². The molecule has 0 spiro atoms. The molecule has 8 heteroatoms. The summed E-state index contributed by atoms with van der Waals surface area (Å²) in [5.41, 5.74) is 0. The summed E-state index contributed by atoms with van der Waals surface area (Å²) in [6, 6.07) is 0. The van der Waals surface area contributed by atoms with E-state index in [9.17, 15) is 0 Å². The van der Waals surface area contributed by atoms with Crippen molar-refractivity contribution in [1.82, 2.24) is 29.9 Å². The molecule has 1 aromatic heterocycles. The third-order valence-electron chi connectivity index (χ3n) is 6.61. The molecular formula is C21H38IN7. The van der Waals surface area contributed by atoms with Crippen LogP contribution < -0.4 is 5.32 Å². The van der Waals surface area contributed by atoms with Gasteiger partial charge >= 0.3 is 0 Å². The maximum absolute atomic E-state index is 5.05. The van der Waals surface area contributed by atoms with Crippen molar-refractivity contribution in [3.05, 3.63) is 11.6 Å². The van der Waals surface area contributed by atoms with Gasteiger partial charge in [0.2, 0.25) is 0 Å². The highest BCUT2D eigenvalue weighted by Crippen LogP contribution is 2.22. The highest BCUT2D eigenvalue weighted by atomic mass is 127. The molecule has 164 valence electrons. The maximum Gasteiger partial charge on any atom is 0.193 e. The average molecular weight is 515 g/mol. The van der Waals surface area contributed by atoms with Crippen LogP contribution in [0.1, 0.15) is 50.7 Å². The first kappa shape index (κ1) is 22.8. The first-order valence-electron chi connectivity index (χ1n) is 11.4. The molecule has 2 unspecified atom stereocenters. The van der Waals surface area contributed by atoms with Gasteiger partial charge in [-0.15, -0.1) is 34.2 Å². The summed E-state index contributed by atoms with van der Waals surface area (Å²) in [6.45, 7) is 13.2. The summed E-state index contributed by atoms with van der Waals surface area (Å²) in [5.74, 6) is 4.68. The van der Waals surface area contributed by atoms with Crippen molar-refractivity contribution in [2.75, 3.05) is 45.8 Å². The second-order valence-corrected chi connectivity index (χ2v) is 8.84. The summed E-state index contributed by atoms with van der Waals surface area (Å²) in [4.78, 5) is 10.2. The molecule has 4 heterocycles. The first-order valence-corrected chi connectivity index (χ1v) is 11.4. The minimum Gasteiger partial charge on any atom is -0.357 e. The second kappa shape index (κ2) is 10.9. The van der Waals surface area contributed by atoms with Gasteiger partial charge in [0.1, 0.15) is 11.6 Å². The molecule has 2 fully saturated rings. The van der Waals surface area contributed by atoms with Crippen LogP contribution in [0.15, 0.2) is 4.99 Å². The smallest absolute Gasteiger partial charge is 0.193 e. The molecule has 0 saturated carbocycles. The Bertz CT molecular complexity index is 668. The Labute approximate surface area is 192 Å². The van der Waals surface area contributed by atoms with Gasteiger partial charge in [0.15, 0.2) is 5.96 Å². The normalized spacial score (nSPS) is 25.6. The van der Waals surface area contributed by atoms with Gasteiger partial charge in [-0.25, -0.2) is 0 Å². The number of aromatic nitrogens is 3. The molecular weight excluding hydrogens is 477 g/mol. The van der Waals surface area contributed by atoms with Crippen molar-refractivity contribution in [2.24, 2.45) is 16.8 Å². The fraction of sp³-hybridized carbons (Fsp3) is 0.857. The number of piperidine rings is 1. The Balaban J connectivity index is 0.00000240. The zero-order chi connectivity index (χ0) is 19.3. The monoisotopic (exact) mass is 515 g/mol. The molecule has 1 aromatic rings. The van der Waals surface area contributed by atoms with E-state index in [1.807, 2.05) is 0 Å². The lowest BCUT2D eigenvalue weighted by molar-refractivity contribution is 0.198. The van der Waals surface area contributed by atoms with Gasteiger partial charge in [-0.3, -0.25) is 4.99 Å². The van der Waals surface area contributed by atoms with Gasteiger partial charge in [0.05, 0.1) is 0 Å². The van der Waals surface area contributed by atoms with Gasteiger partial charge in [0, 0.05) is 45.7 Å². The summed E-state index contributed by atoms with van der Waals surface area (Å²) >= 11 is 0. The number of fused-ring (bicyclic) bond motifs is 1. The van der Waals surface area contributed by atoms with E-state index in [4.69, 9.17) is 4.99 Å². The van der Waals surface area contributed by atoms with Crippen LogP contribution in [0.3, 0.4) is 0 Å². The minimum atomic E-state index is 0. The Kier molecular flexibility index (Phi) is 8.58. The van der Waals surface area contributed by atoms with E-state index in [-0.39, 0.29) is 24.0 Å². The summed E-state index contributed by atoms with van der Waals surface area (Å²) in [7, 11) is 0. The topological polar surface area (TPSA) is 61.6 Å². The highest BCUT2D eigenvalue weighted by Gasteiger charge is 2.27. The largest absolute Gasteiger partial charge is 0.357 e. The number of rotatable bonds is 5. The summed E-state index contributed by atoms with van der Waals surface area (Å²) in [5, 5.41) is 12.1.